The lowest BCUT2D eigenvalue weighted by Gasteiger charge is -2.15. The number of benzene rings is 2. The van der Waals surface area contributed by atoms with Crippen molar-refractivity contribution >= 4 is 17.4 Å². The van der Waals surface area contributed by atoms with Gasteiger partial charge in [0.25, 0.3) is 0 Å². The molecule has 2 aromatic carbocycles. The summed E-state index contributed by atoms with van der Waals surface area (Å²) in [5, 5.41) is 0.706. The summed E-state index contributed by atoms with van der Waals surface area (Å²) in [6, 6.07) is 16.3. The van der Waals surface area contributed by atoms with E-state index in [1.165, 1.54) is 0 Å². The minimum atomic E-state index is -0.321. The number of carbonyl (C=O) groups excluding carboxylic acids is 1. The molecule has 2 aromatic rings. The molecular formula is C17H14ClO. The molecule has 1 aliphatic carbocycles. The van der Waals surface area contributed by atoms with Crippen LogP contribution < -0.4 is 0 Å². The fraction of sp³-hybridized carbons (Fsp3) is 0.235. The van der Waals surface area contributed by atoms with Crippen LogP contribution in [0.4, 0.5) is 0 Å². The maximum Gasteiger partial charge on any atom is 0.173 e. The number of carbonyl (C=O) groups is 1. The Balaban J connectivity index is 1.97. The third-order valence-corrected chi connectivity index (χ3v) is 4.04. The number of halogens is 1. The van der Waals surface area contributed by atoms with Crippen molar-refractivity contribution in [2.45, 2.75) is 25.2 Å². The minimum Gasteiger partial charge on any atom is -0.293 e. The van der Waals surface area contributed by atoms with Crippen LogP contribution in [0.5, 0.6) is 0 Å². The third-order valence-electron chi connectivity index (χ3n) is 3.79. The Morgan fingerprint density at radius 2 is 1.89 bits per heavy atom. The number of ketones is 1. The van der Waals surface area contributed by atoms with Crippen molar-refractivity contribution in [3.8, 4) is 0 Å². The lowest BCUT2D eigenvalue weighted by atomic mass is 9.87. The predicted octanol–water partition coefficient (Wildman–Crippen LogP) is 4.36. The zero-order chi connectivity index (χ0) is 13.5. The smallest absolute Gasteiger partial charge is 0.173 e. The van der Waals surface area contributed by atoms with Gasteiger partial charge in [0.1, 0.15) is 0 Å². The molecule has 1 radical (unpaired) electrons. The van der Waals surface area contributed by atoms with Crippen molar-refractivity contribution in [3.63, 3.8) is 0 Å². The minimum absolute atomic E-state index is 0.215. The quantitative estimate of drug-likeness (QED) is 0.757. The van der Waals surface area contributed by atoms with Crippen molar-refractivity contribution in [1.29, 1.82) is 0 Å². The number of aryl methyl sites for hydroxylation is 1. The molecule has 0 N–H and O–H groups in total. The highest BCUT2D eigenvalue weighted by Crippen LogP contribution is 2.50. The zero-order valence-electron chi connectivity index (χ0n) is 10.7. The van der Waals surface area contributed by atoms with E-state index in [2.05, 4.69) is 6.07 Å². The summed E-state index contributed by atoms with van der Waals surface area (Å²) >= 11 is 5.91. The van der Waals surface area contributed by atoms with Gasteiger partial charge in [0.15, 0.2) is 5.78 Å². The van der Waals surface area contributed by atoms with Gasteiger partial charge >= 0.3 is 0 Å². The largest absolute Gasteiger partial charge is 0.293 e. The molecule has 19 heavy (non-hydrogen) atoms. The number of hydrogen-bond donors (Lipinski definition) is 0. The van der Waals surface area contributed by atoms with Gasteiger partial charge in [-0.3, -0.25) is 4.79 Å². The second-order valence-electron chi connectivity index (χ2n) is 5.18. The molecule has 1 saturated carbocycles. The van der Waals surface area contributed by atoms with Gasteiger partial charge in [0.2, 0.25) is 0 Å². The van der Waals surface area contributed by atoms with Crippen molar-refractivity contribution in [1.82, 2.24) is 0 Å². The van der Waals surface area contributed by atoms with E-state index in [-0.39, 0.29) is 11.2 Å². The second-order valence-corrected chi connectivity index (χ2v) is 5.61. The number of hydrogen-bond acceptors (Lipinski definition) is 1. The van der Waals surface area contributed by atoms with Gasteiger partial charge < -0.3 is 0 Å². The Bertz CT molecular complexity index is 624. The highest BCUT2D eigenvalue weighted by Gasteiger charge is 2.51. The van der Waals surface area contributed by atoms with E-state index in [1.54, 1.807) is 0 Å². The van der Waals surface area contributed by atoms with Crippen LogP contribution in [0.15, 0.2) is 42.5 Å². The van der Waals surface area contributed by atoms with Crippen LogP contribution in [0.3, 0.4) is 0 Å². The summed E-state index contributed by atoms with van der Waals surface area (Å²) in [4.78, 5) is 12.7. The Morgan fingerprint density at radius 3 is 2.47 bits per heavy atom. The Hall–Kier alpha value is -1.60. The van der Waals surface area contributed by atoms with Crippen LogP contribution in [0.25, 0.3) is 0 Å². The molecule has 0 spiro atoms. The molecule has 1 fully saturated rings. The standard InChI is InChI=1S/C17H14ClO/c1-12-3-2-4-13(11-12)16(19)17(9-10-17)14-5-7-15(18)8-6-14/h2,4-8,11H,9-10H2,1H3. The van der Waals surface area contributed by atoms with E-state index in [9.17, 15) is 4.79 Å². The zero-order valence-corrected chi connectivity index (χ0v) is 11.5. The van der Waals surface area contributed by atoms with E-state index in [1.807, 2.05) is 49.4 Å². The summed E-state index contributed by atoms with van der Waals surface area (Å²) in [5.41, 5.74) is 2.53. The van der Waals surface area contributed by atoms with Crippen LogP contribution in [0.2, 0.25) is 5.02 Å². The number of rotatable bonds is 3. The summed E-state index contributed by atoms with van der Waals surface area (Å²) in [6.45, 7) is 1.96. The first-order valence-corrected chi connectivity index (χ1v) is 6.79. The maximum absolute atomic E-state index is 12.7. The summed E-state index contributed by atoms with van der Waals surface area (Å²) in [7, 11) is 0. The SMILES string of the molecule is Cc1[c]ccc(C(=O)C2(c3ccc(Cl)cc3)CC2)c1. The van der Waals surface area contributed by atoms with Gasteiger partial charge in [0, 0.05) is 10.6 Å². The Kier molecular flexibility index (Phi) is 2.94. The van der Waals surface area contributed by atoms with Gasteiger partial charge in [-0.15, -0.1) is 0 Å². The van der Waals surface area contributed by atoms with Crippen molar-refractivity contribution in [3.05, 3.63) is 70.2 Å². The maximum atomic E-state index is 12.7. The van der Waals surface area contributed by atoms with E-state index < -0.39 is 0 Å². The van der Waals surface area contributed by atoms with E-state index >= 15 is 0 Å². The topological polar surface area (TPSA) is 17.1 Å². The summed E-state index contributed by atoms with van der Waals surface area (Å²) in [6.07, 6.45) is 1.84. The van der Waals surface area contributed by atoms with Crippen LogP contribution in [-0.4, -0.2) is 5.78 Å². The molecule has 0 amide bonds. The van der Waals surface area contributed by atoms with E-state index in [4.69, 9.17) is 11.6 Å². The Labute approximate surface area is 118 Å². The Morgan fingerprint density at radius 1 is 1.21 bits per heavy atom. The van der Waals surface area contributed by atoms with Gasteiger partial charge in [-0.05, 0) is 55.2 Å². The van der Waals surface area contributed by atoms with Gasteiger partial charge in [0.05, 0.1) is 5.41 Å². The average Bonchev–Trinajstić information content (AvgIpc) is 3.20. The monoisotopic (exact) mass is 269 g/mol. The van der Waals surface area contributed by atoms with Gasteiger partial charge in [-0.1, -0.05) is 35.9 Å². The van der Waals surface area contributed by atoms with Crippen LogP contribution in [-0.2, 0) is 5.41 Å². The highest BCUT2D eigenvalue weighted by atomic mass is 35.5. The molecule has 3 rings (SSSR count). The lowest BCUT2D eigenvalue weighted by molar-refractivity contribution is 0.0946. The van der Waals surface area contributed by atoms with Crippen molar-refractivity contribution in [2.24, 2.45) is 0 Å². The molecule has 0 aliphatic heterocycles. The average molecular weight is 270 g/mol. The predicted molar refractivity (Wildman–Crippen MR) is 76.7 cm³/mol. The molecule has 95 valence electrons. The highest BCUT2D eigenvalue weighted by molar-refractivity contribution is 6.30. The first kappa shape index (κ1) is 12.4. The normalized spacial score (nSPS) is 16.1. The van der Waals surface area contributed by atoms with Crippen LogP contribution in [0.1, 0.15) is 34.3 Å². The summed E-state index contributed by atoms with van der Waals surface area (Å²) < 4.78 is 0. The van der Waals surface area contributed by atoms with Crippen LogP contribution >= 0.6 is 11.6 Å². The fourth-order valence-electron chi connectivity index (χ4n) is 2.54. The molecule has 0 saturated heterocycles. The van der Waals surface area contributed by atoms with Gasteiger partial charge in [-0.2, -0.15) is 0 Å². The fourth-order valence-corrected chi connectivity index (χ4v) is 2.67. The second kappa shape index (κ2) is 4.50. The third kappa shape index (κ3) is 2.19. The number of Topliss-reactive ketones (excluding diaryl/α,β-unsaturated/α-hetero) is 1. The molecular weight excluding hydrogens is 256 g/mol. The first-order valence-electron chi connectivity index (χ1n) is 6.41. The molecule has 0 unspecified atom stereocenters. The molecule has 0 aromatic heterocycles. The molecule has 1 aliphatic rings. The summed E-state index contributed by atoms with van der Waals surface area (Å²) in [5.74, 6) is 0.215. The molecule has 0 atom stereocenters. The molecule has 2 heteroatoms. The van der Waals surface area contributed by atoms with Crippen molar-refractivity contribution < 1.29 is 4.79 Å². The van der Waals surface area contributed by atoms with Gasteiger partial charge in [-0.25, -0.2) is 0 Å². The molecule has 0 bridgehead atoms. The van der Waals surface area contributed by atoms with Crippen molar-refractivity contribution in [2.75, 3.05) is 0 Å². The van der Waals surface area contributed by atoms with Crippen LogP contribution in [0, 0.1) is 13.0 Å². The van der Waals surface area contributed by atoms with E-state index in [0.717, 1.165) is 29.5 Å². The molecule has 0 heterocycles. The van der Waals surface area contributed by atoms with E-state index in [0.29, 0.717) is 5.02 Å². The first-order chi connectivity index (χ1) is 9.12. The lowest BCUT2D eigenvalue weighted by Crippen LogP contribution is -2.20. The molecule has 1 nitrogen and oxygen atoms in total.